The molecule has 1 saturated heterocycles. The molecule has 0 spiro atoms. The maximum absolute atomic E-state index is 12.9. The van der Waals surface area contributed by atoms with Crippen LogP contribution in [0.25, 0.3) is 6.08 Å². The van der Waals surface area contributed by atoms with Gasteiger partial charge in [-0.2, -0.15) is 0 Å². The Labute approximate surface area is 174 Å². The van der Waals surface area contributed by atoms with Gasteiger partial charge in [0.15, 0.2) is 0 Å². The first-order valence-corrected chi connectivity index (χ1v) is 9.75. The Morgan fingerprint density at radius 2 is 1.79 bits per heavy atom. The predicted octanol–water partition coefficient (Wildman–Crippen LogP) is 4.36. The van der Waals surface area contributed by atoms with Gasteiger partial charge in [0.25, 0.3) is 11.8 Å². The first-order chi connectivity index (χ1) is 13.9. The number of carbonyl (C=O) groups excluding carboxylic acids is 3. The molecule has 2 aromatic rings. The molecule has 0 aromatic heterocycles. The van der Waals surface area contributed by atoms with Gasteiger partial charge in [-0.05, 0) is 54.3 Å². The summed E-state index contributed by atoms with van der Waals surface area (Å²) in [5, 5.41) is 2.59. The maximum Gasteiger partial charge on any atom is 0.335 e. The van der Waals surface area contributed by atoms with Crippen molar-refractivity contribution in [2.45, 2.75) is 26.7 Å². The summed E-state index contributed by atoms with van der Waals surface area (Å²) < 4.78 is 5.53. The van der Waals surface area contributed by atoms with Crippen LogP contribution < -0.4 is 15.0 Å². The van der Waals surface area contributed by atoms with Crippen LogP contribution in [0.5, 0.6) is 5.75 Å². The number of halogens is 1. The summed E-state index contributed by atoms with van der Waals surface area (Å²) >= 11 is 6.23. The van der Waals surface area contributed by atoms with Crippen LogP contribution in [0.3, 0.4) is 0 Å². The van der Waals surface area contributed by atoms with Crippen molar-refractivity contribution in [3.05, 3.63) is 64.2 Å². The number of nitrogens with one attached hydrogen (secondary N) is 1. The van der Waals surface area contributed by atoms with E-state index in [9.17, 15) is 14.4 Å². The van der Waals surface area contributed by atoms with Crippen LogP contribution in [0.4, 0.5) is 10.5 Å². The second kappa shape index (κ2) is 8.92. The summed E-state index contributed by atoms with van der Waals surface area (Å²) in [7, 11) is 0. The maximum atomic E-state index is 12.9. The van der Waals surface area contributed by atoms with Crippen LogP contribution in [-0.4, -0.2) is 24.5 Å². The minimum absolute atomic E-state index is 0.150. The number of ether oxygens (including phenoxy) is 1. The molecule has 0 unspecified atom stereocenters. The third-order valence-corrected chi connectivity index (χ3v) is 4.73. The topological polar surface area (TPSA) is 75.7 Å². The molecular formula is C22H21ClN2O4. The molecule has 0 aliphatic carbocycles. The number of hydrogen-bond acceptors (Lipinski definition) is 4. The highest BCUT2D eigenvalue weighted by molar-refractivity contribution is 6.39. The summed E-state index contributed by atoms with van der Waals surface area (Å²) in [5.74, 6) is -0.905. The standard InChI is InChI=1S/C22H21ClN2O4/c1-3-11-29-19-10-7-15(13-18(19)23)12-17-20(26)24-22(28)25(21(17)27)16-8-5-14(4-2)6-9-16/h5-10,12-13H,3-4,11H2,1-2H3,(H,24,26,28)/b17-12+. The third-order valence-electron chi connectivity index (χ3n) is 4.43. The van der Waals surface area contributed by atoms with Crippen molar-refractivity contribution in [1.29, 1.82) is 0 Å². The zero-order valence-electron chi connectivity index (χ0n) is 16.2. The monoisotopic (exact) mass is 412 g/mol. The number of amides is 4. The van der Waals surface area contributed by atoms with Crippen molar-refractivity contribution in [3.63, 3.8) is 0 Å². The second-order valence-corrected chi connectivity index (χ2v) is 6.92. The molecule has 3 rings (SSSR count). The van der Waals surface area contributed by atoms with Crippen molar-refractivity contribution in [2.75, 3.05) is 11.5 Å². The first-order valence-electron chi connectivity index (χ1n) is 9.37. The molecule has 150 valence electrons. The van der Waals surface area contributed by atoms with Gasteiger partial charge >= 0.3 is 6.03 Å². The highest BCUT2D eigenvalue weighted by Crippen LogP contribution is 2.28. The van der Waals surface area contributed by atoms with Crippen molar-refractivity contribution in [1.82, 2.24) is 5.32 Å². The van der Waals surface area contributed by atoms with E-state index in [2.05, 4.69) is 5.32 Å². The molecule has 0 atom stereocenters. The lowest BCUT2D eigenvalue weighted by Gasteiger charge is -2.26. The summed E-state index contributed by atoms with van der Waals surface area (Å²) in [6.45, 7) is 4.54. The third kappa shape index (κ3) is 4.49. The molecule has 1 fully saturated rings. The van der Waals surface area contributed by atoms with Gasteiger partial charge in [-0.15, -0.1) is 0 Å². The Balaban J connectivity index is 1.91. The normalized spacial score (nSPS) is 15.6. The first kappa shape index (κ1) is 20.6. The fraction of sp³-hybridized carbons (Fsp3) is 0.227. The van der Waals surface area contributed by atoms with Crippen LogP contribution in [-0.2, 0) is 16.0 Å². The summed E-state index contributed by atoms with van der Waals surface area (Å²) in [4.78, 5) is 38.4. The number of anilines is 1. The average molecular weight is 413 g/mol. The van der Waals surface area contributed by atoms with E-state index in [4.69, 9.17) is 16.3 Å². The predicted molar refractivity (Wildman–Crippen MR) is 112 cm³/mol. The molecule has 4 amide bonds. The number of benzene rings is 2. The quantitative estimate of drug-likeness (QED) is 0.565. The van der Waals surface area contributed by atoms with Gasteiger partial charge in [-0.1, -0.05) is 43.6 Å². The fourth-order valence-electron chi connectivity index (χ4n) is 2.88. The zero-order valence-corrected chi connectivity index (χ0v) is 17.0. The number of aryl methyl sites for hydroxylation is 1. The van der Waals surface area contributed by atoms with Gasteiger partial charge in [0.05, 0.1) is 17.3 Å². The largest absolute Gasteiger partial charge is 0.492 e. The van der Waals surface area contributed by atoms with E-state index in [1.807, 2.05) is 26.0 Å². The van der Waals surface area contributed by atoms with Crippen LogP contribution in [0.15, 0.2) is 48.0 Å². The van der Waals surface area contributed by atoms with E-state index in [1.165, 1.54) is 6.08 Å². The van der Waals surface area contributed by atoms with Gasteiger partial charge in [0, 0.05) is 0 Å². The van der Waals surface area contributed by atoms with Gasteiger partial charge in [0.1, 0.15) is 11.3 Å². The zero-order chi connectivity index (χ0) is 21.0. The molecule has 1 heterocycles. The van der Waals surface area contributed by atoms with Gasteiger partial charge in [-0.3, -0.25) is 14.9 Å². The lowest BCUT2D eigenvalue weighted by Crippen LogP contribution is -2.54. The number of hydrogen-bond donors (Lipinski definition) is 1. The van der Waals surface area contributed by atoms with Crippen LogP contribution in [0, 0.1) is 0 Å². The van der Waals surface area contributed by atoms with Crippen LogP contribution in [0.2, 0.25) is 5.02 Å². The highest BCUT2D eigenvalue weighted by Gasteiger charge is 2.36. The SMILES string of the molecule is CCCOc1ccc(/C=C2\C(=O)NC(=O)N(c3ccc(CC)cc3)C2=O)cc1Cl. The Hall–Kier alpha value is -3.12. The summed E-state index contributed by atoms with van der Waals surface area (Å²) in [5.41, 5.74) is 1.87. The number of rotatable bonds is 6. The van der Waals surface area contributed by atoms with Gasteiger partial charge in [-0.25, -0.2) is 9.69 Å². The lowest BCUT2D eigenvalue weighted by molar-refractivity contribution is -0.122. The van der Waals surface area contributed by atoms with Crippen LogP contribution >= 0.6 is 11.6 Å². The number of imide groups is 2. The average Bonchev–Trinajstić information content (AvgIpc) is 2.71. The van der Waals surface area contributed by atoms with E-state index < -0.39 is 17.8 Å². The molecule has 0 saturated carbocycles. The number of barbiturate groups is 1. The fourth-order valence-corrected chi connectivity index (χ4v) is 3.12. The molecule has 1 aliphatic heterocycles. The number of nitrogens with zero attached hydrogens (tertiary/aromatic N) is 1. The lowest BCUT2D eigenvalue weighted by atomic mass is 10.1. The Kier molecular flexibility index (Phi) is 6.34. The van der Waals surface area contributed by atoms with E-state index in [0.29, 0.717) is 28.6 Å². The molecule has 7 heteroatoms. The summed E-state index contributed by atoms with van der Waals surface area (Å²) in [6.07, 6.45) is 3.09. The van der Waals surface area contributed by atoms with E-state index in [0.717, 1.165) is 23.3 Å². The number of urea groups is 1. The molecular weight excluding hydrogens is 392 g/mol. The Morgan fingerprint density at radius 1 is 1.07 bits per heavy atom. The smallest absolute Gasteiger partial charge is 0.335 e. The van der Waals surface area contributed by atoms with E-state index in [-0.39, 0.29) is 5.57 Å². The summed E-state index contributed by atoms with van der Waals surface area (Å²) in [6, 6.07) is 11.2. The van der Waals surface area contributed by atoms with Crippen molar-refractivity contribution in [3.8, 4) is 5.75 Å². The van der Waals surface area contributed by atoms with Gasteiger partial charge < -0.3 is 4.74 Å². The molecule has 1 aliphatic rings. The van der Waals surface area contributed by atoms with Crippen LogP contribution in [0.1, 0.15) is 31.4 Å². The Morgan fingerprint density at radius 3 is 2.41 bits per heavy atom. The molecule has 6 nitrogen and oxygen atoms in total. The molecule has 0 bridgehead atoms. The van der Waals surface area contributed by atoms with E-state index in [1.54, 1.807) is 30.3 Å². The van der Waals surface area contributed by atoms with Crippen molar-refractivity contribution < 1.29 is 19.1 Å². The molecule has 0 radical (unpaired) electrons. The molecule has 29 heavy (non-hydrogen) atoms. The Bertz CT molecular complexity index is 983. The van der Waals surface area contributed by atoms with E-state index >= 15 is 0 Å². The second-order valence-electron chi connectivity index (χ2n) is 6.52. The van der Waals surface area contributed by atoms with Crippen molar-refractivity contribution >= 4 is 41.2 Å². The minimum atomic E-state index is -0.775. The molecule has 2 aromatic carbocycles. The van der Waals surface area contributed by atoms with Gasteiger partial charge in [0.2, 0.25) is 0 Å². The number of carbonyl (C=O) groups is 3. The molecule has 1 N–H and O–H groups in total. The highest BCUT2D eigenvalue weighted by atomic mass is 35.5. The minimum Gasteiger partial charge on any atom is -0.492 e. The van der Waals surface area contributed by atoms with Crippen molar-refractivity contribution in [2.24, 2.45) is 0 Å².